The zero-order chi connectivity index (χ0) is 5.70. The Labute approximate surface area is 45.1 Å². The SMILES string of the molecule is CCC[C@H](N)NC. The minimum Gasteiger partial charge on any atom is -0.316 e. The molecule has 0 aliphatic heterocycles. The first kappa shape index (κ1) is 6.92. The van der Waals surface area contributed by atoms with E-state index in [0.29, 0.717) is 0 Å². The Bertz CT molecular complexity index is 37.1. The van der Waals surface area contributed by atoms with Gasteiger partial charge in [-0.05, 0) is 13.5 Å². The third kappa shape index (κ3) is 3.76. The highest BCUT2D eigenvalue weighted by molar-refractivity contribution is 4.50. The summed E-state index contributed by atoms with van der Waals surface area (Å²) in [7, 11) is 1.88. The summed E-state index contributed by atoms with van der Waals surface area (Å²) in [6.07, 6.45) is 2.42. The van der Waals surface area contributed by atoms with Gasteiger partial charge in [0.2, 0.25) is 0 Å². The predicted molar refractivity (Wildman–Crippen MR) is 31.9 cm³/mol. The average molecular weight is 102 g/mol. The van der Waals surface area contributed by atoms with Crippen molar-refractivity contribution in [3.05, 3.63) is 0 Å². The van der Waals surface area contributed by atoms with Gasteiger partial charge in [-0.3, -0.25) is 0 Å². The van der Waals surface area contributed by atoms with E-state index in [-0.39, 0.29) is 6.17 Å². The fourth-order valence-electron chi connectivity index (χ4n) is 0.455. The molecule has 0 saturated heterocycles. The summed E-state index contributed by atoms with van der Waals surface area (Å²) >= 11 is 0. The van der Waals surface area contributed by atoms with Crippen LogP contribution >= 0.6 is 0 Å². The van der Waals surface area contributed by atoms with Crippen LogP contribution in [-0.4, -0.2) is 13.2 Å². The van der Waals surface area contributed by atoms with Crippen LogP contribution in [0.4, 0.5) is 0 Å². The summed E-state index contributed by atoms with van der Waals surface area (Å²) in [5.41, 5.74) is 5.47. The van der Waals surface area contributed by atoms with E-state index >= 15 is 0 Å². The molecule has 0 aromatic carbocycles. The summed E-state index contributed by atoms with van der Waals surface area (Å²) in [5, 5.41) is 2.94. The second-order valence-corrected chi connectivity index (χ2v) is 1.68. The first-order valence-electron chi connectivity index (χ1n) is 2.74. The molecule has 0 spiro atoms. The third-order valence-corrected chi connectivity index (χ3v) is 0.970. The van der Waals surface area contributed by atoms with Crippen LogP contribution in [0.25, 0.3) is 0 Å². The van der Waals surface area contributed by atoms with Crippen molar-refractivity contribution in [2.75, 3.05) is 7.05 Å². The quantitative estimate of drug-likeness (QED) is 0.503. The van der Waals surface area contributed by atoms with Crippen LogP contribution < -0.4 is 11.1 Å². The van der Waals surface area contributed by atoms with E-state index in [1.807, 2.05) is 7.05 Å². The summed E-state index contributed by atoms with van der Waals surface area (Å²) in [5.74, 6) is 0. The van der Waals surface area contributed by atoms with E-state index < -0.39 is 0 Å². The highest BCUT2D eigenvalue weighted by Crippen LogP contribution is 1.85. The number of hydrogen-bond donors (Lipinski definition) is 2. The lowest BCUT2D eigenvalue weighted by molar-refractivity contribution is 0.535. The zero-order valence-electron chi connectivity index (χ0n) is 5.07. The molecule has 2 nitrogen and oxygen atoms in total. The van der Waals surface area contributed by atoms with E-state index in [2.05, 4.69) is 12.2 Å². The summed E-state index contributed by atoms with van der Waals surface area (Å²) in [6.45, 7) is 2.12. The summed E-state index contributed by atoms with van der Waals surface area (Å²) in [4.78, 5) is 0. The molecule has 2 heteroatoms. The first-order chi connectivity index (χ1) is 3.31. The van der Waals surface area contributed by atoms with Crippen molar-refractivity contribution >= 4 is 0 Å². The van der Waals surface area contributed by atoms with Gasteiger partial charge in [-0.1, -0.05) is 13.3 Å². The number of hydrogen-bond acceptors (Lipinski definition) is 2. The molecule has 3 N–H and O–H groups in total. The maximum absolute atomic E-state index is 5.47. The van der Waals surface area contributed by atoms with Crippen molar-refractivity contribution in [1.82, 2.24) is 5.32 Å². The number of nitrogens with one attached hydrogen (secondary N) is 1. The van der Waals surface area contributed by atoms with Crippen LogP contribution in [0.15, 0.2) is 0 Å². The van der Waals surface area contributed by atoms with Crippen LogP contribution in [0, 0.1) is 0 Å². The number of nitrogens with two attached hydrogens (primary N) is 1. The van der Waals surface area contributed by atoms with Crippen LogP contribution in [0.1, 0.15) is 19.8 Å². The predicted octanol–water partition coefficient (Wildman–Crippen LogP) is 0.291. The van der Waals surface area contributed by atoms with Crippen molar-refractivity contribution in [3.8, 4) is 0 Å². The van der Waals surface area contributed by atoms with Crippen molar-refractivity contribution < 1.29 is 0 Å². The molecule has 0 saturated carbocycles. The molecular weight excluding hydrogens is 88.1 g/mol. The van der Waals surface area contributed by atoms with Gasteiger partial charge in [0.1, 0.15) is 0 Å². The molecule has 1 atom stereocenters. The van der Waals surface area contributed by atoms with Gasteiger partial charge in [0.25, 0.3) is 0 Å². The van der Waals surface area contributed by atoms with Crippen molar-refractivity contribution in [3.63, 3.8) is 0 Å². The molecule has 0 bridgehead atoms. The van der Waals surface area contributed by atoms with E-state index in [1.54, 1.807) is 0 Å². The Balaban J connectivity index is 2.83. The molecule has 0 fully saturated rings. The standard InChI is InChI=1S/C5H14N2/c1-3-4-5(6)7-2/h5,7H,3-4,6H2,1-2H3/t5-/m1/s1. The minimum absolute atomic E-state index is 0.199. The number of rotatable bonds is 3. The molecule has 0 aliphatic rings. The van der Waals surface area contributed by atoms with Gasteiger partial charge in [-0.2, -0.15) is 0 Å². The van der Waals surface area contributed by atoms with Gasteiger partial charge in [0, 0.05) is 0 Å². The molecule has 0 rings (SSSR count). The Morgan fingerprint density at radius 3 is 2.43 bits per heavy atom. The highest BCUT2D eigenvalue weighted by atomic mass is 15.0. The van der Waals surface area contributed by atoms with Crippen LogP contribution in [0.2, 0.25) is 0 Å². The molecule has 0 aromatic rings. The van der Waals surface area contributed by atoms with Gasteiger partial charge in [0.15, 0.2) is 0 Å². The molecule has 0 heterocycles. The molecule has 0 unspecified atom stereocenters. The monoisotopic (exact) mass is 102 g/mol. The fourth-order valence-corrected chi connectivity index (χ4v) is 0.455. The molecule has 0 aliphatic carbocycles. The van der Waals surface area contributed by atoms with E-state index in [9.17, 15) is 0 Å². The van der Waals surface area contributed by atoms with E-state index in [1.165, 1.54) is 0 Å². The summed E-state index contributed by atoms with van der Waals surface area (Å²) < 4.78 is 0. The maximum Gasteiger partial charge on any atom is 0.0543 e. The highest BCUT2D eigenvalue weighted by Gasteiger charge is 1.91. The Hall–Kier alpha value is -0.0800. The Morgan fingerprint density at radius 1 is 1.71 bits per heavy atom. The Morgan fingerprint density at radius 2 is 2.29 bits per heavy atom. The fraction of sp³-hybridized carbons (Fsp3) is 1.00. The lowest BCUT2D eigenvalue weighted by Gasteiger charge is -2.05. The van der Waals surface area contributed by atoms with Crippen LogP contribution in [0.5, 0.6) is 0 Å². The summed E-state index contributed by atoms with van der Waals surface area (Å²) in [6, 6.07) is 0. The van der Waals surface area contributed by atoms with E-state index in [4.69, 9.17) is 5.73 Å². The van der Waals surface area contributed by atoms with Crippen molar-refractivity contribution in [2.24, 2.45) is 5.73 Å². The molecule has 0 amide bonds. The second kappa shape index (κ2) is 4.09. The molecule has 7 heavy (non-hydrogen) atoms. The largest absolute Gasteiger partial charge is 0.316 e. The molecule has 0 aromatic heterocycles. The van der Waals surface area contributed by atoms with Gasteiger partial charge in [-0.15, -0.1) is 0 Å². The van der Waals surface area contributed by atoms with Gasteiger partial charge < -0.3 is 11.1 Å². The van der Waals surface area contributed by atoms with Gasteiger partial charge in [-0.25, -0.2) is 0 Å². The zero-order valence-corrected chi connectivity index (χ0v) is 5.07. The second-order valence-electron chi connectivity index (χ2n) is 1.68. The van der Waals surface area contributed by atoms with Crippen LogP contribution in [0.3, 0.4) is 0 Å². The molecular formula is C5H14N2. The maximum atomic E-state index is 5.47. The lowest BCUT2D eigenvalue weighted by Crippen LogP contribution is -2.33. The third-order valence-electron chi connectivity index (χ3n) is 0.970. The van der Waals surface area contributed by atoms with Crippen molar-refractivity contribution in [1.29, 1.82) is 0 Å². The van der Waals surface area contributed by atoms with Gasteiger partial charge in [0.05, 0.1) is 6.17 Å². The average Bonchev–Trinajstić information content (AvgIpc) is 1.68. The normalized spacial score (nSPS) is 14.1. The van der Waals surface area contributed by atoms with Crippen LogP contribution in [-0.2, 0) is 0 Å². The van der Waals surface area contributed by atoms with Crippen molar-refractivity contribution in [2.45, 2.75) is 25.9 Å². The topological polar surface area (TPSA) is 38.0 Å². The minimum atomic E-state index is 0.199. The Kier molecular flexibility index (Phi) is 4.04. The molecule has 0 radical (unpaired) electrons. The smallest absolute Gasteiger partial charge is 0.0543 e. The molecule has 44 valence electrons. The first-order valence-corrected chi connectivity index (χ1v) is 2.74. The van der Waals surface area contributed by atoms with Gasteiger partial charge >= 0.3 is 0 Å². The van der Waals surface area contributed by atoms with E-state index in [0.717, 1.165) is 12.8 Å². The lowest BCUT2D eigenvalue weighted by atomic mass is 10.3.